The lowest BCUT2D eigenvalue weighted by Gasteiger charge is -2.13. The third-order valence-electron chi connectivity index (χ3n) is 4.85. The molecular formula is C23H33NO4. The first-order valence-electron chi connectivity index (χ1n) is 10.5. The van der Waals surface area contributed by atoms with E-state index in [1.165, 1.54) is 67.6 Å². The Morgan fingerprint density at radius 2 is 1.43 bits per heavy atom. The highest BCUT2D eigenvalue weighted by molar-refractivity contribution is 6.12. The molecule has 1 aromatic rings. The van der Waals surface area contributed by atoms with Gasteiger partial charge in [0.05, 0.1) is 19.8 Å². The fourth-order valence-electron chi connectivity index (χ4n) is 3.17. The van der Waals surface area contributed by atoms with Crippen LogP contribution in [0.15, 0.2) is 36.4 Å². The van der Waals surface area contributed by atoms with E-state index in [9.17, 15) is 9.59 Å². The number of hydrogen-bond acceptors (Lipinski definition) is 4. The van der Waals surface area contributed by atoms with Crippen molar-refractivity contribution in [1.82, 2.24) is 4.90 Å². The van der Waals surface area contributed by atoms with E-state index in [1.807, 2.05) is 12.1 Å². The zero-order chi connectivity index (χ0) is 20.0. The molecule has 5 nitrogen and oxygen atoms in total. The first-order chi connectivity index (χ1) is 13.7. The van der Waals surface area contributed by atoms with Crippen molar-refractivity contribution in [2.45, 2.75) is 58.3 Å². The summed E-state index contributed by atoms with van der Waals surface area (Å²) in [6.07, 6.45) is 13.0. The van der Waals surface area contributed by atoms with Gasteiger partial charge in [0, 0.05) is 12.2 Å². The van der Waals surface area contributed by atoms with Crippen molar-refractivity contribution in [3.05, 3.63) is 42.0 Å². The first-order valence-corrected chi connectivity index (χ1v) is 10.5. The van der Waals surface area contributed by atoms with Gasteiger partial charge in [0.1, 0.15) is 12.4 Å². The first kappa shape index (κ1) is 22.2. The minimum Gasteiger partial charge on any atom is -0.491 e. The number of benzene rings is 1. The summed E-state index contributed by atoms with van der Waals surface area (Å²) in [4.78, 5) is 24.0. The Kier molecular flexibility index (Phi) is 10.4. The fourth-order valence-corrected chi connectivity index (χ4v) is 3.17. The van der Waals surface area contributed by atoms with Gasteiger partial charge in [0.2, 0.25) is 0 Å². The van der Waals surface area contributed by atoms with E-state index < -0.39 is 0 Å². The minimum absolute atomic E-state index is 0.276. The highest BCUT2D eigenvalue weighted by Crippen LogP contribution is 2.15. The smallest absolute Gasteiger partial charge is 0.253 e. The average molecular weight is 388 g/mol. The van der Waals surface area contributed by atoms with Crippen molar-refractivity contribution in [2.75, 3.05) is 26.4 Å². The summed E-state index contributed by atoms with van der Waals surface area (Å²) in [5.41, 5.74) is 1.35. The number of carbonyl (C=O) groups excluding carboxylic acids is 2. The molecule has 0 unspecified atom stereocenters. The van der Waals surface area contributed by atoms with Gasteiger partial charge in [-0.2, -0.15) is 0 Å². The second-order valence-corrected chi connectivity index (χ2v) is 7.14. The maximum absolute atomic E-state index is 11.4. The van der Waals surface area contributed by atoms with E-state index in [-0.39, 0.29) is 18.4 Å². The molecule has 1 aliphatic heterocycles. The monoisotopic (exact) mass is 387 g/mol. The topological polar surface area (TPSA) is 55.8 Å². The van der Waals surface area contributed by atoms with Crippen LogP contribution in [0, 0.1) is 0 Å². The van der Waals surface area contributed by atoms with E-state index in [0.717, 1.165) is 12.2 Å². The molecule has 0 aliphatic carbocycles. The SMILES string of the molecule is CCCCCCCCCc1ccc(OCCOCCN2C(=O)C=CC2=O)cc1. The molecule has 0 atom stereocenters. The highest BCUT2D eigenvalue weighted by atomic mass is 16.5. The van der Waals surface area contributed by atoms with Gasteiger partial charge < -0.3 is 9.47 Å². The van der Waals surface area contributed by atoms with Crippen LogP contribution in [-0.4, -0.2) is 43.1 Å². The number of aryl methyl sites for hydroxylation is 1. The second-order valence-electron chi connectivity index (χ2n) is 7.14. The summed E-state index contributed by atoms with van der Waals surface area (Å²) in [7, 11) is 0. The number of nitrogens with zero attached hydrogens (tertiary/aromatic N) is 1. The van der Waals surface area contributed by atoms with E-state index in [4.69, 9.17) is 9.47 Å². The lowest BCUT2D eigenvalue weighted by atomic mass is 10.0. The predicted molar refractivity (Wildman–Crippen MR) is 110 cm³/mol. The van der Waals surface area contributed by atoms with Gasteiger partial charge in [-0.1, -0.05) is 57.6 Å². The molecule has 0 N–H and O–H groups in total. The van der Waals surface area contributed by atoms with Crippen molar-refractivity contribution in [3.8, 4) is 5.75 Å². The Morgan fingerprint density at radius 1 is 0.786 bits per heavy atom. The summed E-state index contributed by atoms with van der Waals surface area (Å²) < 4.78 is 11.1. The molecular weight excluding hydrogens is 354 g/mol. The number of hydrogen-bond donors (Lipinski definition) is 0. The molecule has 0 spiro atoms. The standard InChI is InChI=1S/C23H33NO4/c1-2-3-4-5-6-7-8-9-20-10-12-21(13-11-20)28-19-18-27-17-16-24-22(25)14-15-23(24)26/h10-15H,2-9,16-19H2,1H3. The maximum atomic E-state index is 11.4. The molecule has 154 valence electrons. The Labute approximate surface area is 168 Å². The van der Waals surface area contributed by atoms with Crippen LogP contribution in [0.1, 0.15) is 57.4 Å². The third-order valence-corrected chi connectivity index (χ3v) is 4.85. The molecule has 1 aliphatic rings. The summed E-state index contributed by atoms with van der Waals surface area (Å²) in [6, 6.07) is 8.27. The number of imide groups is 1. The lowest BCUT2D eigenvalue weighted by Crippen LogP contribution is -2.33. The molecule has 0 aromatic heterocycles. The number of carbonyl (C=O) groups is 2. The molecule has 28 heavy (non-hydrogen) atoms. The third kappa shape index (κ3) is 8.26. The van der Waals surface area contributed by atoms with Crippen LogP contribution < -0.4 is 4.74 Å². The molecule has 2 rings (SSSR count). The molecule has 0 saturated heterocycles. The number of rotatable bonds is 15. The van der Waals surface area contributed by atoms with Crippen molar-refractivity contribution in [2.24, 2.45) is 0 Å². The lowest BCUT2D eigenvalue weighted by molar-refractivity contribution is -0.137. The van der Waals surface area contributed by atoms with Crippen LogP contribution in [0.2, 0.25) is 0 Å². The van der Waals surface area contributed by atoms with Crippen LogP contribution in [0.25, 0.3) is 0 Å². The maximum Gasteiger partial charge on any atom is 0.253 e. The summed E-state index contributed by atoms with van der Waals surface area (Å²) in [5, 5.41) is 0. The van der Waals surface area contributed by atoms with Gasteiger partial charge in [0.25, 0.3) is 11.8 Å². The molecule has 5 heteroatoms. The molecule has 1 aromatic carbocycles. The van der Waals surface area contributed by atoms with Crippen molar-refractivity contribution in [3.63, 3.8) is 0 Å². The Hall–Kier alpha value is -2.14. The Bertz CT molecular complexity index is 606. The minimum atomic E-state index is -0.276. The van der Waals surface area contributed by atoms with Gasteiger partial charge in [-0.15, -0.1) is 0 Å². The average Bonchev–Trinajstić information content (AvgIpc) is 3.03. The largest absolute Gasteiger partial charge is 0.491 e. The quantitative estimate of drug-likeness (QED) is 0.333. The normalized spacial score (nSPS) is 13.5. The van der Waals surface area contributed by atoms with Crippen LogP contribution in [0.5, 0.6) is 5.75 Å². The Balaban J connectivity index is 1.49. The molecule has 0 saturated carbocycles. The van der Waals surface area contributed by atoms with Crippen LogP contribution in [0.3, 0.4) is 0 Å². The molecule has 0 bridgehead atoms. The van der Waals surface area contributed by atoms with Crippen molar-refractivity contribution < 1.29 is 19.1 Å². The van der Waals surface area contributed by atoms with Gasteiger partial charge in [-0.3, -0.25) is 14.5 Å². The van der Waals surface area contributed by atoms with Gasteiger partial charge in [-0.05, 0) is 30.5 Å². The summed E-state index contributed by atoms with van der Waals surface area (Å²) in [5.74, 6) is 0.281. The van der Waals surface area contributed by atoms with E-state index in [0.29, 0.717) is 19.8 Å². The van der Waals surface area contributed by atoms with Gasteiger partial charge in [0.15, 0.2) is 0 Å². The van der Waals surface area contributed by atoms with Crippen LogP contribution in [-0.2, 0) is 20.7 Å². The Morgan fingerprint density at radius 3 is 2.11 bits per heavy atom. The highest BCUT2D eigenvalue weighted by Gasteiger charge is 2.22. The van der Waals surface area contributed by atoms with Gasteiger partial charge >= 0.3 is 0 Å². The second kappa shape index (κ2) is 13.1. The van der Waals surface area contributed by atoms with Gasteiger partial charge in [-0.25, -0.2) is 0 Å². The predicted octanol–water partition coefficient (Wildman–Crippen LogP) is 4.30. The van der Waals surface area contributed by atoms with E-state index in [1.54, 1.807) is 0 Å². The fraction of sp³-hybridized carbons (Fsp3) is 0.565. The van der Waals surface area contributed by atoms with Crippen LogP contribution in [0.4, 0.5) is 0 Å². The molecule has 0 fully saturated rings. The summed E-state index contributed by atoms with van der Waals surface area (Å²) in [6.45, 7) is 3.71. The number of ether oxygens (including phenoxy) is 2. The van der Waals surface area contributed by atoms with E-state index in [2.05, 4.69) is 19.1 Å². The van der Waals surface area contributed by atoms with E-state index >= 15 is 0 Å². The zero-order valence-electron chi connectivity index (χ0n) is 17.0. The van der Waals surface area contributed by atoms with Crippen molar-refractivity contribution in [1.29, 1.82) is 0 Å². The van der Waals surface area contributed by atoms with Crippen molar-refractivity contribution >= 4 is 11.8 Å². The zero-order valence-corrected chi connectivity index (χ0v) is 17.0. The molecule has 1 heterocycles. The molecule has 0 radical (unpaired) electrons. The molecule has 2 amide bonds. The van der Waals surface area contributed by atoms with Crippen LogP contribution >= 0.6 is 0 Å². The number of amides is 2. The summed E-state index contributed by atoms with van der Waals surface area (Å²) >= 11 is 0. The number of unbranched alkanes of at least 4 members (excludes halogenated alkanes) is 6.